The first-order valence-electron chi connectivity index (χ1n) is 10.5. The summed E-state index contributed by atoms with van der Waals surface area (Å²) in [5.74, 6) is 0.521. The van der Waals surface area contributed by atoms with E-state index >= 15 is 0 Å². The second kappa shape index (κ2) is 10.5. The van der Waals surface area contributed by atoms with E-state index in [1.54, 1.807) is 55.7 Å². The van der Waals surface area contributed by atoms with Crippen molar-refractivity contribution in [2.75, 3.05) is 24.9 Å². The molecule has 0 saturated carbocycles. The predicted molar refractivity (Wildman–Crippen MR) is 129 cm³/mol. The van der Waals surface area contributed by atoms with Gasteiger partial charge in [0.1, 0.15) is 18.0 Å². The molecule has 3 aromatic rings. The minimum absolute atomic E-state index is 0.0276. The van der Waals surface area contributed by atoms with Crippen molar-refractivity contribution in [1.29, 1.82) is 0 Å². The molecule has 4 rings (SSSR count). The number of nitrogens with zero attached hydrogens (tertiary/aromatic N) is 3. The second-order valence-electron chi connectivity index (χ2n) is 7.52. The number of halogens is 1. The molecule has 11 nitrogen and oxygen atoms in total. The van der Waals surface area contributed by atoms with Crippen molar-refractivity contribution in [2.24, 2.45) is 0 Å². The summed E-state index contributed by atoms with van der Waals surface area (Å²) in [5.41, 5.74) is 5.13. The normalized spacial score (nSPS) is 14.6. The van der Waals surface area contributed by atoms with Gasteiger partial charge in [-0.2, -0.15) is 5.10 Å². The van der Waals surface area contributed by atoms with Gasteiger partial charge in [-0.05, 0) is 31.2 Å². The Hall–Kier alpha value is -4.09. The van der Waals surface area contributed by atoms with Crippen LogP contribution in [-0.4, -0.2) is 46.9 Å². The van der Waals surface area contributed by atoms with Crippen LogP contribution in [0.5, 0.6) is 11.5 Å². The van der Waals surface area contributed by atoms with Gasteiger partial charge in [0.15, 0.2) is 11.9 Å². The molecule has 3 heterocycles. The van der Waals surface area contributed by atoms with E-state index in [1.807, 2.05) is 0 Å². The van der Waals surface area contributed by atoms with Gasteiger partial charge in [0.2, 0.25) is 5.91 Å². The molecule has 3 N–H and O–H groups in total. The van der Waals surface area contributed by atoms with Crippen molar-refractivity contribution in [2.45, 2.75) is 19.6 Å². The molecule has 1 aliphatic rings. The largest absolute Gasteiger partial charge is 0.496 e. The summed E-state index contributed by atoms with van der Waals surface area (Å²) in [5, 5.41) is 10.1. The number of ether oxygens (including phenoxy) is 2. The summed E-state index contributed by atoms with van der Waals surface area (Å²) >= 11 is 6.24. The van der Waals surface area contributed by atoms with Crippen molar-refractivity contribution in [3.05, 3.63) is 65.1 Å². The van der Waals surface area contributed by atoms with Crippen LogP contribution in [0.15, 0.2) is 48.8 Å². The quantitative estimate of drug-likeness (QED) is 0.432. The molecule has 0 spiro atoms. The lowest BCUT2D eigenvalue weighted by atomic mass is 10.1. The van der Waals surface area contributed by atoms with Gasteiger partial charge >= 0.3 is 0 Å². The Kier molecular flexibility index (Phi) is 7.18. The summed E-state index contributed by atoms with van der Waals surface area (Å²) in [6.07, 6.45) is 3.83. The van der Waals surface area contributed by atoms with Crippen LogP contribution in [0, 0.1) is 6.92 Å². The van der Waals surface area contributed by atoms with Gasteiger partial charge in [-0.1, -0.05) is 11.6 Å². The maximum absolute atomic E-state index is 12.8. The summed E-state index contributed by atoms with van der Waals surface area (Å²) in [7, 11) is 3.02. The molecule has 182 valence electrons. The van der Waals surface area contributed by atoms with Crippen molar-refractivity contribution >= 4 is 40.6 Å². The van der Waals surface area contributed by atoms with Gasteiger partial charge in [-0.15, -0.1) is 0 Å². The lowest BCUT2D eigenvalue weighted by Crippen LogP contribution is -2.28. The van der Waals surface area contributed by atoms with E-state index in [0.717, 1.165) is 0 Å². The van der Waals surface area contributed by atoms with Crippen molar-refractivity contribution < 1.29 is 23.9 Å². The second-order valence-corrected chi connectivity index (χ2v) is 7.92. The van der Waals surface area contributed by atoms with Crippen molar-refractivity contribution in [1.82, 2.24) is 20.2 Å². The van der Waals surface area contributed by atoms with E-state index in [-0.39, 0.29) is 18.3 Å². The summed E-state index contributed by atoms with van der Waals surface area (Å²) in [6, 6.07) is 8.42. The van der Waals surface area contributed by atoms with Crippen LogP contribution in [0.2, 0.25) is 5.02 Å². The first-order chi connectivity index (χ1) is 16.9. The Morgan fingerprint density at radius 2 is 2.00 bits per heavy atom. The standard InChI is InChI=1S/C23H23ClN6O5/c1-13-7-21(28-30(13)12-22(31)26-14-5-4-6-25-11-14)27-23(32)20-9-17(29-35-20)15-8-16(24)19(34-3)10-18(15)33-2/h4-11,20,29H,12H2,1-3H3,(H,26,31)(H,27,28,32)/t20-/m1/s1. The number of anilines is 2. The van der Waals surface area contributed by atoms with Crippen LogP contribution in [0.25, 0.3) is 5.70 Å². The molecule has 2 aromatic heterocycles. The zero-order valence-electron chi connectivity index (χ0n) is 19.2. The topological polar surface area (TPSA) is 129 Å². The molecule has 0 radical (unpaired) electrons. The fraction of sp³-hybridized carbons (Fsp3) is 0.217. The summed E-state index contributed by atoms with van der Waals surface area (Å²) < 4.78 is 12.1. The number of carbonyl (C=O) groups is 2. The fourth-order valence-electron chi connectivity index (χ4n) is 3.39. The van der Waals surface area contributed by atoms with Crippen LogP contribution in [-0.2, 0) is 21.0 Å². The number of methoxy groups -OCH3 is 2. The molecule has 1 atom stereocenters. The fourth-order valence-corrected chi connectivity index (χ4v) is 3.63. The van der Waals surface area contributed by atoms with Gasteiger partial charge in [0, 0.05) is 29.6 Å². The van der Waals surface area contributed by atoms with Crippen LogP contribution in [0.1, 0.15) is 11.3 Å². The third-order valence-electron chi connectivity index (χ3n) is 5.11. The number of benzene rings is 1. The third kappa shape index (κ3) is 5.53. The molecule has 0 bridgehead atoms. The maximum atomic E-state index is 12.8. The Balaban J connectivity index is 1.42. The number of hydroxylamine groups is 1. The van der Waals surface area contributed by atoms with Crippen LogP contribution in [0.3, 0.4) is 0 Å². The maximum Gasteiger partial charge on any atom is 0.261 e. The average molecular weight is 499 g/mol. The SMILES string of the molecule is COc1cc(OC)c(C2=C[C@H](C(=O)Nc3cc(C)n(CC(=O)Nc4cccnc4)n3)ON2)cc1Cl. The van der Waals surface area contributed by atoms with E-state index in [9.17, 15) is 9.59 Å². The number of amides is 2. The molecule has 0 fully saturated rings. The minimum atomic E-state index is -0.935. The zero-order chi connectivity index (χ0) is 24.9. The molecule has 1 aromatic carbocycles. The van der Waals surface area contributed by atoms with Gasteiger partial charge < -0.3 is 20.1 Å². The monoisotopic (exact) mass is 498 g/mol. The van der Waals surface area contributed by atoms with Crippen LogP contribution >= 0.6 is 11.6 Å². The molecule has 1 aliphatic heterocycles. The van der Waals surface area contributed by atoms with E-state index in [0.29, 0.717) is 39.2 Å². The molecule has 2 amide bonds. The highest BCUT2D eigenvalue weighted by atomic mass is 35.5. The number of nitrogens with one attached hydrogen (secondary N) is 3. The number of aromatic nitrogens is 3. The minimum Gasteiger partial charge on any atom is -0.496 e. The molecular weight excluding hydrogens is 476 g/mol. The molecular formula is C23H23ClN6O5. The number of hydrogen-bond donors (Lipinski definition) is 3. The number of rotatable bonds is 8. The predicted octanol–water partition coefficient (Wildman–Crippen LogP) is 2.78. The van der Waals surface area contributed by atoms with Crippen molar-refractivity contribution in [3.8, 4) is 11.5 Å². The summed E-state index contributed by atoms with van der Waals surface area (Å²) in [6.45, 7) is 1.76. The van der Waals surface area contributed by atoms with Gasteiger partial charge in [0.05, 0.1) is 36.8 Å². The Bertz CT molecular complexity index is 1280. The molecule has 0 unspecified atom stereocenters. The lowest BCUT2D eigenvalue weighted by molar-refractivity contribution is -0.125. The Morgan fingerprint density at radius 3 is 2.71 bits per heavy atom. The highest BCUT2D eigenvalue weighted by Gasteiger charge is 2.27. The Labute approximate surface area is 206 Å². The number of carbonyl (C=O) groups excluding carboxylic acids is 2. The molecule has 35 heavy (non-hydrogen) atoms. The molecule has 12 heteroatoms. The average Bonchev–Trinajstić information content (AvgIpc) is 3.46. The highest BCUT2D eigenvalue weighted by Crippen LogP contribution is 2.36. The third-order valence-corrected chi connectivity index (χ3v) is 5.40. The van der Waals surface area contributed by atoms with Crippen molar-refractivity contribution in [3.63, 3.8) is 0 Å². The van der Waals surface area contributed by atoms with E-state index < -0.39 is 12.0 Å². The van der Waals surface area contributed by atoms with Crippen LogP contribution in [0.4, 0.5) is 11.5 Å². The van der Waals surface area contributed by atoms with Gasteiger partial charge in [-0.25, -0.2) is 0 Å². The lowest BCUT2D eigenvalue weighted by Gasteiger charge is -2.12. The first-order valence-corrected chi connectivity index (χ1v) is 10.9. The number of hydrogen-bond acceptors (Lipinski definition) is 8. The van der Waals surface area contributed by atoms with Gasteiger partial charge in [0.25, 0.3) is 5.91 Å². The number of aryl methyl sites for hydroxylation is 1. The highest BCUT2D eigenvalue weighted by molar-refractivity contribution is 6.32. The van der Waals surface area contributed by atoms with E-state index in [1.165, 1.54) is 18.9 Å². The summed E-state index contributed by atoms with van der Waals surface area (Å²) in [4.78, 5) is 34.5. The van der Waals surface area contributed by atoms with Crippen LogP contribution < -0.4 is 25.6 Å². The van der Waals surface area contributed by atoms with E-state index in [4.69, 9.17) is 25.9 Å². The van der Waals surface area contributed by atoms with Gasteiger partial charge in [-0.3, -0.25) is 29.6 Å². The zero-order valence-corrected chi connectivity index (χ0v) is 19.9. The smallest absolute Gasteiger partial charge is 0.261 e. The first kappa shape index (κ1) is 24.0. The number of pyridine rings is 1. The van der Waals surface area contributed by atoms with E-state index in [2.05, 4.69) is 26.2 Å². The molecule has 0 saturated heterocycles. The molecule has 0 aliphatic carbocycles. The Morgan fingerprint density at radius 1 is 1.20 bits per heavy atom.